The zero-order valence-electron chi connectivity index (χ0n) is 9.71. The van der Waals surface area contributed by atoms with Gasteiger partial charge in [-0.15, -0.1) is 0 Å². The Hall–Kier alpha value is -1.88. The summed E-state index contributed by atoms with van der Waals surface area (Å²) in [6.07, 6.45) is -1.13. The number of aliphatic hydroxyl groups is 1. The number of ether oxygens (including phenoxy) is 1. The number of hydrogen-bond donors (Lipinski definition) is 2. The molecule has 0 aliphatic carbocycles. The maximum absolute atomic E-state index is 11.5. The second-order valence-corrected chi connectivity index (χ2v) is 3.56. The third-order valence-corrected chi connectivity index (χ3v) is 2.27. The SMILES string of the molecule is COC(=O)[C@@H](NC(C)=O)[C@H](O)c1ccccc1. The minimum Gasteiger partial charge on any atom is -0.467 e. The number of amides is 1. The second kappa shape index (κ2) is 6.00. The van der Waals surface area contributed by atoms with E-state index in [1.165, 1.54) is 14.0 Å². The van der Waals surface area contributed by atoms with E-state index in [1.54, 1.807) is 30.3 Å². The van der Waals surface area contributed by atoms with Gasteiger partial charge in [0.05, 0.1) is 7.11 Å². The lowest BCUT2D eigenvalue weighted by atomic mass is 10.0. The minimum atomic E-state index is -1.13. The molecule has 0 aliphatic heterocycles. The molecule has 0 spiro atoms. The Balaban J connectivity index is 2.90. The van der Waals surface area contributed by atoms with Gasteiger partial charge < -0.3 is 15.2 Å². The van der Waals surface area contributed by atoms with Gasteiger partial charge >= 0.3 is 5.97 Å². The van der Waals surface area contributed by atoms with E-state index >= 15 is 0 Å². The Kier molecular flexibility index (Phi) is 4.66. The summed E-state index contributed by atoms with van der Waals surface area (Å²) in [5, 5.41) is 12.4. The van der Waals surface area contributed by atoms with Gasteiger partial charge in [-0.2, -0.15) is 0 Å². The van der Waals surface area contributed by atoms with Gasteiger partial charge in [-0.05, 0) is 5.56 Å². The fourth-order valence-electron chi connectivity index (χ4n) is 1.46. The number of carbonyl (C=O) groups is 2. The molecule has 0 radical (unpaired) electrons. The molecule has 5 heteroatoms. The van der Waals surface area contributed by atoms with Crippen molar-refractivity contribution in [3.05, 3.63) is 35.9 Å². The summed E-state index contributed by atoms with van der Waals surface area (Å²) in [4.78, 5) is 22.4. The van der Waals surface area contributed by atoms with Crippen LogP contribution >= 0.6 is 0 Å². The highest BCUT2D eigenvalue weighted by Gasteiger charge is 2.29. The third kappa shape index (κ3) is 3.57. The van der Waals surface area contributed by atoms with Gasteiger partial charge in [0.15, 0.2) is 6.04 Å². The van der Waals surface area contributed by atoms with Gasteiger partial charge in [-0.25, -0.2) is 4.79 Å². The van der Waals surface area contributed by atoms with E-state index in [0.717, 1.165) is 0 Å². The first-order valence-corrected chi connectivity index (χ1v) is 5.14. The molecule has 0 aliphatic rings. The molecule has 0 saturated heterocycles. The van der Waals surface area contributed by atoms with Crippen LogP contribution in [0.25, 0.3) is 0 Å². The molecule has 2 N–H and O–H groups in total. The average molecular weight is 237 g/mol. The molecular formula is C12H15NO4. The monoisotopic (exact) mass is 237 g/mol. The van der Waals surface area contributed by atoms with E-state index in [9.17, 15) is 14.7 Å². The van der Waals surface area contributed by atoms with Crippen LogP contribution in [0.1, 0.15) is 18.6 Å². The zero-order chi connectivity index (χ0) is 12.8. The van der Waals surface area contributed by atoms with Gasteiger partial charge in [-0.3, -0.25) is 4.79 Å². The average Bonchev–Trinajstić information content (AvgIpc) is 2.35. The predicted molar refractivity (Wildman–Crippen MR) is 61.0 cm³/mol. The molecule has 1 rings (SSSR count). The number of rotatable bonds is 4. The van der Waals surface area contributed by atoms with Crippen LogP contribution in [0.2, 0.25) is 0 Å². The van der Waals surface area contributed by atoms with Crippen LogP contribution in [0.4, 0.5) is 0 Å². The molecule has 5 nitrogen and oxygen atoms in total. The van der Waals surface area contributed by atoms with Crippen molar-refractivity contribution in [1.82, 2.24) is 5.32 Å². The first-order valence-electron chi connectivity index (χ1n) is 5.14. The highest BCUT2D eigenvalue weighted by atomic mass is 16.5. The van der Waals surface area contributed by atoms with Crippen molar-refractivity contribution < 1.29 is 19.4 Å². The highest BCUT2D eigenvalue weighted by Crippen LogP contribution is 2.17. The smallest absolute Gasteiger partial charge is 0.331 e. The number of esters is 1. The molecule has 1 amide bonds. The quantitative estimate of drug-likeness (QED) is 0.743. The largest absolute Gasteiger partial charge is 0.467 e. The van der Waals surface area contributed by atoms with E-state index in [1.807, 2.05) is 0 Å². The highest BCUT2D eigenvalue weighted by molar-refractivity contribution is 5.83. The summed E-state index contributed by atoms with van der Waals surface area (Å²) in [6, 6.07) is 7.51. The lowest BCUT2D eigenvalue weighted by Crippen LogP contribution is -2.44. The van der Waals surface area contributed by atoms with Gasteiger partial charge in [0.2, 0.25) is 5.91 Å². The Bertz CT molecular complexity index is 391. The molecule has 0 heterocycles. The molecule has 1 aromatic rings. The Morgan fingerprint density at radius 1 is 1.29 bits per heavy atom. The summed E-state index contributed by atoms with van der Waals surface area (Å²) < 4.78 is 4.54. The Labute approximate surface area is 99.4 Å². The van der Waals surface area contributed by atoms with Crippen LogP contribution in [0.5, 0.6) is 0 Å². The molecular weight excluding hydrogens is 222 g/mol. The summed E-state index contributed by atoms with van der Waals surface area (Å²) in [5.74, 6) is -1.09. The van der Waals surface area contributed by atoms with Crippen molar-refractivity contribution in [2.75, 3.05) is 7.11 Å². The van der Waals surface area contributed by atoms with E-state index in [2.05, 4.69) is 10.1 Å². The summed E-state index contributed by atoms with van der Waals surface area (Å²) in [5.41, 5.74) is 0.539. The lowest BCUT2D eigenvalue weighted by molar-refractivity contribution is -0.148. The van der Waals surface area contributed by atoms with Crippen molar-refractivity contribution in [2.45, 2.75) is 19.1 Å². The minimum absolute atomic E-state index is 0.407. The lowest BCUT2D eigenvalue weighted by Gasteiger charge is -2.21. The van der Waals surface area contributed by atoms with Crippen LogP contribution in [-0.4, -0.2) is 30.1 Å². The maximum atomic E-state index is 11.5. The number of benzene rings is 1. The topological polar surface area (TPSA) is 75.6 Å². The van der Waals surface area contributed by atoms with Crippen molar-refractivity contribution in [3.8, 4) is 0 Å². The molecule has 2 atom stereocenters. The summed E-state index contributed by atoms with van der Waals surface area (Å²) >= 11 is 0. The van der Waals surface area contributed by atoms with E-state index in [0.29, 0.717) is 5.56 Å². The number of methoxy groups -OCH3 is 1. The van der Waals surface area contributed by atoms with Crippen molar-refractivity contribution >= 4 is 11.9 Å². The Morgan fingerprint density at radius 3 is 2.35 bits per heavy atom. The van der Waals surface area contributed by atoms with E-state index < -0.39 is 24.0 Å². The van der Waals surface area contributed by atoms with Crippen LogP contribution in [0.15, 0.2) is 30.3 Å². The fourth-order valence-corrected chi connectivity index (χ4v) is 1.46. The van der Waals surface area contributed by atoms with Gasteiger partial charge in [-0.1, -0.05) is 30.3 Å². The van der Waals surface area contributed by atoms with Crippen LogP contribution in [-0.2, 0) is 14.3 Å². The van der Waals surface area contributed by atoms with E-state index in [4.69, 9.17) is 0 Å². The standard InChI is InChI=1S/C12H15NO4/c1-8(14)13-10(12(16)17-2)11(15)9-6-4-3-5-7-9/h3-7,10-11,15H,1-2H3,(H,13,14)/t10-,11+/m0/s1. The van der Waals surface area contributed by atoms with Crippen molar-refractivity contribution in [2.24, 2.45) is 0 Å². The predicted octanol–water partition coefficient (Wildman–Crippen LogP) is 0.398. The zero-order valence-corrected chi connectivity index (χ0v) is 9.71. The number of hydrogen-bond acceptors (Lipinski definition) is 4. The first kappa shape index (κ1) is 13.2. The van der Waals surface area contributed by atoms with Gasteiger partial charge in [0, 0.05) is 6.92 Å². The molecule has 0 fully saturated rings. The van der Waals surface area contributed by atoms with Gasteiger partial charge in [0.25, 0.3) is 0 Å². The fraction of sp³-hybridized carbons (Fsp3) is 0.333. The molecule has 0 bridgehead atoms. The van der Waals surface area contributed by atoms with E-state index in [-0.39, 0.29) is 0 Å². The molecule has 92 valence electrons. The molecule has 0 unspecified atom stereocenters. The first-order chi connectivity index (χ1) is 8.06. The molecule has 0 saturated carbocycles. The van der Waals surface area contributed by atoms with Gasteiger partial charge in [0.1, 0.15) is 6.10 Å². The van der Waals surface area contributed by atoms with Crippen LogP contribution in [0.3, 0.4) is 0 Å². The Morgan fingerprint density at radius 2 is 1.88 bits per heavy atom. The molecule has 1 aromatic carbocycles. The summed E-state index contributed by atoms with van der Waals surface area (Å²) in [6.45, 7) is 1.27. The molecule has 17 heavy (non-hydrogen) atoms. The van der Waals surface area contributed by atoms with Crippen LogP contribution < -0.4 is 5.32 Å². The van der Waals surface area contributed by atoms with Crippen molar-refractivity contribution in [3.63, 3.8) is 0 Å². The van der Waals surface area contributed by atoms with Crippen molar-refractivity contribution in [1.29, 1.82) is 0 Å². The third-order valence-electron chi connectivity index (χ3n) is 2.27. The number of nitrogens with one attached hydrogen (secondary N) is 1. The number of aliphatic hydroxyl groups excluding tert-OH is 1. The molecule has 0 aromatic heterocycles. The number of carbonyl (C=O) groups excluding carboxylic acids is 2. The summed E-state index contributed by atoms with van der Waals surface area (Å²) in [7, 11) is 1.20. The maximum Gasteiger partial charge on any atom is 0.331 e. The van der Waals surface area contributed by atoms with Crippen LogP contribution in [0, 0.1) is 0 Å². The normalized spacial score (nSPS) is 13.6. The second-order valence-electron chi connectivity index (χ2n) is 3.56.